The number of hydrogen-bond donors (Lipinski definition) is 2. The lowest BCUT2D eigenvalue weighted by molar-refractivity contribution is -0.539. The number of rotatable bonds is 3. The van der Waals surface area contributed by atoms with Gasteiger partial charge in [-0.15, -0.1) is 0 Å². The van der Waals surface area contributed by atoms with E-state index in [0.717, 1.165) is 6.08 Å². The molecule has 98 valence electrons. The third kappa shape index (κ3) is 2.08. The van der Waals surface area contributed by atoms with Gasteiger partial charge in [0.15, 0.2) is 0 Å². The lowest BCUT2D eigenvalue weighted by Gasteiger charge is -2.22. The summed E-state index contributed by atoms with van der Waals surface area (Å²) in [5, 5.41) is 29.9. The molecule has 2 rings (SSSR count). The Morgan fingerprint density at radius 3 is 2.63 bits per heavy atom. The summed E-state index contributed by atoms with van der Waals surface area (Å²) in [7, 11) is 0. The van der Waals surface area contributed by atoms with E-state index in [1.807, 2.05) is 0 Å². The molecular formula is C13H11NO5. The van der Waals surface area contributed by atoms with Crippen molar-refractivity contribution in [2.24, 2.45) is 0 Å². The number of para-hydroxylation sites is 1. The van der Waals surface area contributed by atoms with Crippen LogP contribution in [-0.2, 0) is 4.79 Å². The molecule has 1 unspecified atom stereocenters. The third-order valence-electron chi connectivity index (χ3n) is 3.08. The van der Waals surface area contributed by atoms with E-state index in [1.54, 1.807) is 24.3 Å². The predicted octanol–water partition coefficient (Wildman–Crippen LogP) is 1.84. The first kappa shape index (κ1) is 12.8. The van der Waals surface area contributed by atoms with Crippen molar-refractivity contribution in [2.45, 2.75) is 12.0 Å². The number of hydrogen-bond acceptors (Lipinski definition) is 4. The maximum atomic E-state index is 11.2. The molecule has 0 saturated heterocycles. The van der Waals surface area contributed by atoms with Crippen LogP contribution in [0.1, 0.15) is 12.0 Å². The molecule has 6 nitrogen and oxygen atoms in total. The average Bonchev–Trinajstić information content (AvgIpc) is 2.39. The maximum Gasteiger partial charge on any atom is 0.387 e. The Labute approximate surface area is 108 Å². The molecule has 0 heterocycles. The van der Waals surface area contributed by atoms with Crippen LogP contribution in [0, 0.1) is 10.1 Å². The highest BCUT2D eigenvalue weighted by molar-refractivity contribution is 5.86. The summed E-state index contributed by atoms with van der Waals surface area (Å²) in [6.45, 7) is 0. The van der Waals surface area contributed by atoms with Gasteiger partial charge in [-0.25, -0.2) is 4.79 Å². The van der Waals surface area contributed by atoms with Crippen LogP contribution in [0.2, 0.25) is 0 Å². The Morgan fingerprint density at radius 2 is 2.05 bits per heavy atom. The van der Waals surface area contributed by atoms with Crippen molar-refractivity contribution in [1.82, 2.24) is 0 Å². The first-order valence-corrected chi connectivity index (χ1v) is 5.52. The van der Waals surface area contributed by atoms with Gasteiger partial charge in [-0.1, -0.05) is 30.4 Å². The zero-order valence-electron chi connectivity index (χ0n) is 9.81. The SMILES string of the molecule is O=C(O)C1([N+](=O)[O-])C=CC=C(c2ccccc2O)C1. The van der Waals surface area contributed by atoms with E-state index in [1.165, 1.54) is 12.1 Å². The predicted molar refractivity (Wildman–Crippen MR) is 67.2 cm³/mol. The Balaban J connectivity index is 2.45. The van der Waals surface area contributed by atoms with Crippen LogP contribution in [0.5, 0.6) is 5.75 Å². The van der Waals surface area contributed by atoms with Gasteiger partial charge in [0.05, 0.1) is 6.42 Å². The zero-order chi connectivity index (χ0) is 14.0. The summed E-state index contributed by atoms with van der Waals surface area (Å²) in [6.07, 6.45) is 3.66. The van der Waals surface area contributed by atoms with Crippen molar-refractivity contribution < 1.29 is 19.9 Å². The second-order valence-electron chi connectivity index (χ2n) is 4.23. The van der Waals surface area contributed by atoms with E-state index < -0.39 is 16.4 Å². The quantitative estimate of drug-likeness (QED) is 0.638. The molecule has 0 radical (unpaired) electrons. The van der Waals surface area contributed by atoms with Crippen molar-refractivity contribution >= 4 is 11.5 Å². The zero-order valence-corrected chi connectivity index (χ0v) is 9.81. The minimum Gasteiger partial charge on any atom is -0.507 e. The number of carbonyl (C=O) groups is 1. The molecule has 1 aliphatic carbocycles. The van der Waals surface area contributed by atoms with Crippen molar-refractivity contribution in [3.05, 3.63) is 58.2 Å². The van der Waals surface area contributed by atoms with Gasteiger partial charge in [-0.2, -0.15) is 0 Å². The molecule has 1 aromatic rings. The highest BCUT2D eigenvalue weighted by atomic mass is 16.6. The van der Waals surface area contributed by atoms with E-state index in [2.05, 4.69) is 0 Å². The number of nitrogens with zero attached hydrogens (tertiary/aromatic N) is 1. The lowest BCUT2D eigenvalue weighted by Crippen LogP contribution is -2.45. The summed E-state index contributed by atoms with van der Waals surface area (Å²) < 4.78 is 0. The highest BCUT2D eigenvalue weighted by Crippen LogP contribution is 2.35. The molecule has 19 heavy (non-hydrogen) atoms. The van der Waals surface area contributed by atoms with Gasteiger partial charge in [-0.05, 0) is 11.6 Å². The van der Waals surface area contributed by atoms with E-state index in [9.17, 15) is 20.0 Å². The standard InChI is InChI=1S/C13H11NO5/c15-11-6-2-1-5-10(11)9-4-3-7-13(8-9,12(16)17)14(18)19/h1-7,15H,8H2,(H,16,17). The number of aromatic hydroxyl groups is 1. The molecule has 0 spiro atoms. The molecular weight excluding hydrogens is 250 g/mol. The van der Waals surface area contributed by atoms with E-state index >= 15 is 0 Å². The van der Waals surface area contributed by atoms with Gasteiger partial charge >= 0.3 is 11.5 Å². The monoisotopic (exact) mass is 261 g/mol. The third-order valence-corrected chi connectivity index (χ3v) is 3.08. The minimum atomic E-state index is -2.17. The van der Waals surface area contributed by atoms with Crippen molar-refractivity contribution in [1.29, 1.82) is 0 Å². The number of aliphatic carboxylic acids is 1. The molecule has 0 aromatic heterocycles. The Bertz CT molecular complexity index is 589. The number of allylic oxidation sites excluding steroid dienone is 2. The number of carboxylic acid groups (broad SMARTS) is 1. The number of benzene rings is 1. The molecule has 0 amide bonds. The van der Waals surface area contributed by atoms with Gasteiger partial charge in [0.1, 0.15) is 5.75 Å². The molecule has 0 aliphatic heterocycles. The molecule has 0 bridgehead atoms. The normalized spacial score (nSPS) is 21.8. The van der Waals surface area contributed by atoms with Crippen LogP contribution < -0.4 is 0 Å². The molecule has 0 fully saturated rings. The Morgan fingerprint density at radius 1 is 1.37 bits per heavy atom. The first-order valence-electron chi connectivity index (χ1n) is 5.52. The number of carboxylic acids is 1. The van der Waals surface area contributed by atoms with Crippen LogP contribution >= 0.6 is 0 Å². The fraction of sp³-hybridized carbons (Fsp3) is 0.154. The molecule has 0 saturated carbocycles. The van der Waals surface area contributed by atoms with Crippen LogP contribution in [0.3, 0.4) is 0 Å². The minimum absolute atomic E-state index is 0.0355. The van der Waals surface area contributed by atoms with Crippen LogP contribution in [0.15, 0.2) is 42.5 Å². The maximum absolute atomic E-state index is 11.2. The van der Waals surface area contributed by atoms with Gasteiger partial charge in [0.25, 0.3) is 0 Å². The molecule has 6 heteroatoms. The topological polar surface area (TPSA) is 101 Å². The number of phenols is 1. The Hall–Kier alpha value is -2.63. The van der Waals surface area contributed by atoms with Crippen molar-refractivity contribution in [2.75, 3.05) is 0 Å². The van der Waals surface area contributed by atoms with Crippen LogP contribution in [0.4, 0.5) is 0 Å². The van der Waals surface area contributed by atoms with E-state index in [4.69, 9.17) is 5.11 Å². The summed E-state index contributed by atoms with van der Waals surface area (Å²) in [6, 6.07) is 6.33. The van der Waals surface area contributed by atoms with E-state index in [0.29, 0.717) is 11.1 Å². The fourth-order valence-electron chi connectivity index (χ4n) is 2.01. The second kappa shape index (κ2) is 4.56. The van der Waals surface area contributed by atoms with Crippen molar-refractivity contribution in [3.8, 4) is 5.75 Å². The fourth-order valence-corrected chi connectivity index (χ4v) is 2.01. The molecule has 1 atom stereocenters. The lowest BCUT2D eigenvalue weighted by atomic mass is 9.84. The second-order valence-corrected chi connectivity index (χ2v) is 4.23. The van der Waals surface area contributed by atoms with E-state index in [-0.39, 0.29) is 12.2 Å². The largest absolute Gasteiger partial charge is 0.507 e. The van der Waals surface area contributed by atoms with Gasteiger partial charge in [0, 0.05) is 16.6 Å². The average molecular weight is 261 g/mol. The number of phenolic OH excluding ortho intramolecular Hbond substituents is 1. The van der Waals surface area contributed by atoms with Gasteiger partial charge in [-0.3, -0.25) is 10.1 Å². The highest BCUT2D eigenvalue weighted by Gasteiger charge is 2.50. The summed E-state index contributed by atoms with van der Waals surface area (Å²) in [5.41, 5.74) is -1.36. The summed E-state index contributed by atoms with van der Waals surface area (Å²) >= 11 is 0. The van der Waals surface area contributed by atoms with Crippen molar-refractivity contribution in [3.63, 3.8) is 0 Å². The summed E-state index contributed by atoms with van der Waals surface area (Å²) in [5.74, 6) is -1.55. The summed E-state index contributed by atoms with van der Waals surface area (Å²) in [4.78, 5) is 21.4. The molecule has 2 N–H and O–H groups in total. The van der Waals surface area contributed by atoms with Gasteiger partial charge in [0.2, 0.25) is 0 Å². The first-order chi connectivity index (χ1) is 8.97. The smallest absolute Gasteiger partial charge is 0.387 e. The Kier molecular flexibility index (Phi) is 3.08. The van der Waals surface area contributed by atoms with Crippen LogP contribution in [-0.4, -0.2) is 26.6 Å². The molecule has 1 aromatic carbocycles. The number of nitro groups is 1. The van der Waals surface area contributed by atoms with Crippen LogP contribution in [0.25, 0.3) is 5.57 Å². The molecule has 1 aliphatic rings. The van der Waals surface area contributed by atoms with Gasteiger partial charge < -0.3 is 10.2 Å².